The Labute approximate surface area is 210 Å². The molecule has 2 saturated heterocycles. The topological polar surface area (TPSA) is 48.9 Å². The molecule has 2 fully saturated rings. The number of urea groups is 1. The number of alkyl halides is 3. The molecule has 0 bridgehead atoms. The van der Waals surface area contributed by atoms with E-state index in [1.165, 1.54) is 5.56 Å². The molecule has 5 rings (SSSR count). The first kappa shape index (κ1) is 24.9. The molecule has 1 aromatic carbocycles. The Morgan fingerprint density at radius 1 is 1.08 bits per heavy atom. The molecular weight excluding hydrogens is 469 g/mol. The van der Waals surface area contributed by atoms with Gasteiger partial charge in [-0.05, 0) is 68.5 Å². The highest BCUT2D eigenvalue weighted by atomic mass is 19.4. The smallest absolute Gasteiger partial charge is 0.417 e. The fourth-order valence-corrected chi connectivity index (χ4v) is 6.15. The number of pyridine rings is 1. The molecule has 3 aliphatic rings. The fourth-order valence-electron chi connectivity index (χ4n) is 6.15. The second-order valence-corrected chi connectivity index (χ2v) is 10.1. The van der Waals surface area contributed by atoms with Crippen LogP contribution in [0, 0.1) is 0 Å². The lowest BCUT2D eigenvalue weighted by Gasteiger charge is -2.40. The average molecular weight is 503 g/mol. The largest absolute Gasteiger partial charge is 0.496 e. The lowest BCUT2D eigenvalue weighted by Crippen LogP contribution is -2.51. The van der Waals surface area contributed by atoms with E-state index in [0.29, 0.717) is 42.7 Å². The number of hydrogen-bond donors (Lipinski definition) is 0. The molecule has 0 radical (unpaired) electrons. The molecule has 6 nitrogen and oxygen atoms in total. The number of methoxy groups -OCH3 is 1. The van der Waals surface area contributed by atoms with Crippen molar-refractivity contribution in [2.24, 2.45) is 0 Å². The van der Waals surface area contributed by atoms with Crippen molar-refractivity contribution in [1.29, 1.82) is 0 Å². The van der Waals surface area contributed by atoms with E-state index in [9.17, 15) is 18.0 Å². The van der Waals surface area contributed by atoms with Crippen molar-refractivity contribution in [1.82, 2.24) is 19.7 Å². The van der Waals surface area contributed by atoms with E-state index in [1.54, 1.807) is 12.0 Å². The van der Waals surface area contributed by atoms with Crippen LogP contribution in [0.4, 0.5) is 18.0 Å². The Balaban J connectivity index is 1.20. The standard InChI is InChI=1S/C27H33F3N4O2/c1-18-24(32-11-7-19(8-12-32)22-5-3-4-6-25(22)36-2)10-14-34(18)26(35)33-13-9-23-20(17-33)15-21(16-31-23)27(28,29)30/h3-6,15-16,18-19,24H,7-14,17H2,1-2H3/t18-,24+/m0/s1. The summed E-state index contributed by atoms with van der Waals surface area (Å²) in [7, 11) is 1.71. The molecule has 0 N–H and O–H groups in total. The third-order valence-electron chi connectivity index (χ3n) is 8.17. The number of amides is 2. The predicted molar refractivity (Wildman–Crippen MR) is 130 cm³/mol. The van der Waals surface area contributed by atoms with E-state index in [2.05, 4.69) is 28.9 Å². The predicted octanol–water partition coefficient (Wildman–Crippen LogP) is 4.93. The number of piperidine rings is 1. The summed E-state index contributed by atoms with van der Waals surface area (Å²) in [6.45, 7) is 5.36. The van der Waals surface area contributed by atoms with Crippen molar-refractivity contribution in [3.8, 4) is 5.75 Å². The van der Waals surface area contributed by atoms with Gasteiger partial charge in [-0.1, -0.05) is 18.2 Å². The molecule has 2 amide bonds. The Bertz CT molecular complexity index is 1100. The van der Waals surface area contributed by atoms with Crippen LogP contribution in [-0.4, -0.2) is 71.1 Å². The quantitative estimate of drug-likeness (QED) is 0.597. The molecule has 4 heterocycles. The first-order valence-corrected chi connectivity index (χ1v) is 12.7. The molecule has 1 aromatic heterocycles. The van der Waals surface area contributed by atoms with E-state index in [-0.39, 0.29) is 18.6 Å². The number of carbonyl (C=O) groups excluding carboxylic acids is 1. The first-order chi connectivity index (χ1) is 17.3. The van der Waals surface area contributed by atoms with Crippen molar-refractivity contribution in [3.05, 3.63) is 58.9 Å². The second-order valence-electron chi connectivity index (χ2n) is 10.1. The third-order valence-corrected chi connectivity index (χ3v) is 8.17. The summed E-state index contributed by atoms with van der Waals surface area (Å²) in [6.07, 6.45) is -0.0632. The highest BCUT2D eigenvalue weighted by Crippen LogP contribution is 2.37. The monoisotopic (exact) mass is 502 g/mol. The number of carbonyl (C=O) groups is 1. The van der Waals surface area contributed by atoms with Crippen molar-refractivity contribution in [2.75, 3.05) is 33.3 Å². The van der Waals surface area contributed by atoms with Crippen LogP contribution in [0.15, 0.2) is 36.5 Å². The molecule has 0 aliphatic carbocycles. The number of likely N-dealkylation sites (tertiary alicyclic amines) is 2. The number of fused-ring (bicyclic) bond motifs is 1. The summed E-state index contributed by atoms with van der Waals surface area (Å²) >= 11 is 0. The van der Waals surface area contributed by atoms with Gasteiger partial charge >= 0.3 is 12.2 Å². The second kappa shape index (κ2) is 9.92. The molecular formula is C27H33F3N4O2. The zero-order valence-electron chi connectivity index (χ0n) is 20.8. The minimum atomic E-state index is -4.44. The van der Waals surface area contributed by atoms with Crippen molar-refractivity contribution < 1.29 is 22.7 Å². The SMILES string of the molecule is COc1ccccc1C1CCN([C@@H]2CCN(C(=O)N3CCc4ncc(C(F)(F)F)cc4C3)[C@H]2C)CC1. The van der Waals surface area contributed by atoms with Crippen LogP contribution in [0.25, 0.3) is 0 Å². The van der Waals surface area contributed by atoms with Crippen molar-refractivity contribution in [3.63, 3.8) is 0 Å². The van der Waals surface area contributed by atoms with E-state index < -0.39 is 11.7 Å². The molecule has 2 aromatic rings. The van der Waals surface area contributed by atoms with Crippen LogP contribution >= 0.6 is 0 Å². The maximum Gasteiger partial charge on any atom is 0.417 e. The number of ether oxygens (including phenoxy) is 1. The van der Waals surface area contributed by atoms with Gasteiger partial charge in [0.2, 0.25) is 0 Å². The van der Waals surface area contributed by atoms with E-state index in [0.717, 1.165) is 50.4 Å². The van der Waals surface area contributed by atoms with Gasteiger partial charge in [0.15, 0.2) is 0 Å². The summed E-state index contributed by atoms with van der Waals surface area (Å²) < 4.78 is 45.0. The highest BCUT2D eigenvalue weighted by molar-refractivity contribution is 5.75. The van der Waals surface area contributed by atoms with Gasteiger partial charge in [0.25, 0.3) is 0 Å². The molecule has 9 heteroatoms. The molecule has 36 heavy (non-hydrogen) atoms. The normalized spacial score (nSPS) is 23.6. The maximum absolute atomic E-state index is 13.4. The van der Waals surface area contributed by atoms with Gasteiger partial charge in [-0.25, -0.2) is 4.79 Å². The average Bonchev–Trinajstić information content (AvgIpc) is 3.28. The van der Waals surface area contributed by atoms with Crippen LogP contribution in [0.1, 0.15) is 54.5 Å². The van der Waals surface area contributed by atoms with Gasteiger partial charge in [-0.3, -0.25) is 9.88 Å². The number of nitrogens with zero attached hydrogens (tertiary/aromatic N) is 4. The summed E-state index contributed by atoms with van der Waals surface area (Å²) in [5.74, 6) is 1.41. The number of benzene rings is 1. The fraction of sp³-hybridized carbons (Fsp3) is 0.556. The number of hydrogen-bond acceptors (Lipinski definition) is 4. The van der Waals surface area contributed by atoms with Gasteiger partial charge in [0, 0.05) is 50.0 Å². The third kappa shape index (κ3) is 4.77. The summed E-state index contributed by atoms with van der Waals surface area (Å²) in [5, 5.41) is 0. The summed E-state index contributed by atoms with van der Waals surface area (Å²) in [6, 6.07) is 9.64. The minimum Gasteiger partial charge on any atom is -0.496 e. The number of rotatable bonds is 3. The molecule has 194 valence electrons. The van der Waals surface area contributed by atoms with Crippen molar-refractivity contribution in [2.45, 2.75) is 63.3 Å². The van der Waals surface area contributed by atoms with Gasteiger partial charge in [0.05, 0.1) is 12.7 Å². The maximum atomic E-state index is 13.4. The Morgan fingerprint density at radius 3 is 2.56 bits per heavy atom. The number of halogens is 3. The van der Waals surface area contributed by atoms with Gasteiger partial charge < -0.3 is 14.5 Å². The lowest BCUT2D eigenvalue weighted by atomic mass is 9.88. The van der Waals surface area contributed by atoms with Crippen molar-refractivity contribution >= 4 is 6.03 Å². The molecule has 0 saturated carbocycles. The number of aromatic nitrogens is 1. The molecule has 3 aliphatic heterocycles. The zero-order chi connectivity index (χ0) is 25.4. The molecule has 0 unspecified atom stereocenters. The zero-order valence-corrected chi connectivity index (χ0v) is 20.8. The Morgan fingerprint density at radius 2 is 1.83 bits per heavy atom. The lowest BCUT2D eigenvalue weighted by molar-refractivity contribution is -0.137. The van der Waals surface area contributed by atoms with Crippen LogP contribution in [0.2, 0.25) is 0 Å². The van der Waals surface area contributed by atoms with Gasteiger partial charge in [-0.2, -0.15) is 13.2 Å². The minimum absolute atomic E-state index is 0.0568. The van der Waals surface area contributed by atoms with Crippen LogP contribution in [0.5, 0.6) is 5.75 Å². The highest BCUT2D eigenvalue weighted by Gasteiger charge is 2.41. The van der Waals surface area contributed by atoms with Gasteiger partial charge in [-0.15, -0.1) is 0 Å². The van der Waals surface area contributed by atoms with Crippen LogP contribution < -0.4 is 4.74 Å². The van der Waals surface area contributed by atoms with E-state index in [1.807, 2.05) is 17.0 Å². The number of para-hydroxylation sites is 1. The summed E-state index contributed by atoms with van der Waals surface area (Å²) in [4.78, 5) is 23.5. The molecule has 0 spiro atoms. The summed E-state index contributed by atoms with van der Waals surface area (Å²) in [5.41, 5.74) is 1.65. The first-order valence-electron chi connectivity index (χ1n) is 12.7. The van der Waals surface area contributed by atoms with Crippen LogP contribution in [-0.2, 0) is 19.1 Å². The Kier molecular flexibility index (Phi) is 6.85. The van der Waals surface area contributed by atoms with E-state index in [4.69, 9.17) is 4.74 Å². The van der Waals surface area contributed by atoms with E-state index >= 15 is 0 Å². The Hall–Kier alpha value is -2.81. The molecule has 2 atom stereocenters. The van der Waals surface area contributed by atoms with Crippen LogP contribution in [0.3, 0.4) is 0 Å². The van der Waals surface area contributed by atoms with Gasteiger partial charge in [0.1, 0.15) is 5.75 Å².